The van der Waals surface area contributed by atoms with Crippen molar-refractivity contribution >= 4 is 41.4 Å². The van der Waals surface area contributed by atoms with Gasteiger partial charge in [-0.05, 0) is 47.5 Å². The number of hydrogen-bond acceptors (Lipinski definition) is 5. The molecule has 0 radical (unpaired) electrons. The summed E-state index contributed by atoms with van der Waals surface area (Å²) >= 11 is 0. The first kappa shape index (κ1) is 24.9. The fraction of sp³-hybridized carbons (Fsp3) is 0.160. The highest BCUT2D eigenvalue weighted by Crippen LogP contribution is 2.25. The Labute approximate surface area is 203 Å². The molecule has 5 N–H and O–H groups in total. The second-order valence-electron chi connectivity index (χ2n) is 7.62. The molecule has 0 unspecified atom stereocenters. The molecule has 8 nitrogen and oxygen atoms in total. The van der Waals surface area contributed by atoms with E-state index in [2.05, 4.69) is 5.32 Å². The first-order valence-electron chi connectivity index (χ1n) is 10.5. The van der Waals surface area contributed by atoms with Gasteiger partial charge in [-0.15, -0.1) is 12.4 Å². The monoisotopic (exact) mass is 480 g/mol. The van der Waals surface area contributed by atoms with Gasteiger partial charge in [0, 0.05) is 23.5 Å². The van der Waals surface area contributed by atoms with Crippen LogP contribution in [0.2, 0.25) is 0 Å². The van der Waals surface area contributed by atoms with Crippen molar-refractivity contribution < 1.29 is 19.4 Å². The topological polar surface area (TPSA) is 129 Å². The first-order chi connectivity index (χ1) is 15.9. The van der Waals surface area contributed by atoms with E-state index in [-0.39, 0.29) is 24.8 Å². The number of amidine groups is 1. The van der Waals surface area contributed by atoms with Crippen molar-refractivity contribution in [1.82, 2.24) is 0 Å². The Bertz CT molecular complexity index is 1150. The summed E-state index contributed by atoms with van der Waals surface area (Å²) in [6.07, 6.45) is -3.00. The van der Waals surface area contributed by atoms with Crippen molar-refractivity contribution in [1.29, 1.82) is 5.41 Å². The summed E-state index contributed by atoms with van der Waals surface area (Å²) in [5.74, 6) is -1.33. The van der Waals surface area contributed by atoms with E-state index in [1.807, 2.05) is 54.6 Å². The summed E-state index contributed by atoms with van der Waals surface area (Å²) in [4.78, 5) is 27.1. The molecule has 176 valence electrons. The van der Waals surface area contributed by atoms with Crippen LogP contribution in [0.3, 0.4) is 0 Å². The van der Waals surface area contributed by atoms with Crippen molar-refractivity contribution in [2.75, 3.05) is 23.4 Å². The van der Waals surface area contributed by atoms with Gasteiger partial charge in [0.1, 0.15) is 5.84 Å². The minimum atomic E-state index is -1.68. The van der Waals surface area contributed by atoms with Crippen LogP contribution in [0.4, 0.5) is 11.4 Å². The van der Waals surface area contributed by atoms with E-state index < -0.39 is 24.0 Å². The van der Waals surface area contributed by atoms with Crippen molar-refractivity contribution in [3.8, 4) is 11.1 Å². The SMILES string of the molecule is Cl.N=C(N)c1ccc(NC(=O)[C@H](O)[C@H]2OCCN(c3ccc(-c4ccccc4)cc3)C2=O)cc1. The van der Waals surface area contributed by atoms with Crippen LogP contribution in [0.15, 0.2) is 78.9 Å². The molecule has 3 aromatic carbocycles. The summed E-state index contributed by atoms with van der Waals surface area (Å²) in [6.45, 7) is 0.509. The Balaban J connectivity index is 0.00000324. The van der Waals surface area contributed by atoms with E-state index >= 15 is 0 Å². The number of aliphatic hydroxyl groups excluding tert-OH is 1. The van der Waals surface area contributed by atoms with Crippen LogP contribution in [0.1, 0.15) is 5.56 Å². The van der Waals surface area contributed by atoms with Crippen LogP contribution in [0, 0.1) is 5.41 Å². The summed E-state index contributed by atoms with van der Waals surface area (Å²) in [5, 5.41) is 20.5. The van der Waals surface area contributed by atoms with Gasteiger partial charge in [-0.3, -0.25) is 15.0 Å². The highest BCUT2D eigenvalue weighted by molar-refractivity contribution is 6.04. The highest BCUT2D eigenvalue weighted by Gasteiger charge is 2.39. The number of nitrogens with two attached hydrogens (primary N) is 1. The lowest BCUT2D eigenvalue weighted by Gasteiger charge is -2.34. The number of nitrogens with one attached hydrogen (secondary N) is 2. The van der Waals surface area contributed by atoms with Crippen molar-refractivity contribution in [2.45, 2.75) is 12.2 Å². The maximum atomic E-state index is 13.0. The first-order valence-corrected chi connectivity index (χ1v) is 10.5. The van der Waals surface area contributed by atoms with Crippen molar-refractivity contribution in [2.24, 2.45) is 5.73 Å². The summed E-state index contributed by atoms with van der Waals surface area (Å²) < 4.78 is 5.46. The number of rotatable bonds is 6. The molecule has 34 heavy (non-hydrogen) atoms. The van der Waals surface area contributed by atoms with Gasteiger partial charge in [0.05, 0.1) is 6.61 Å². The number of morpholine rings is 1. The standard InChI is InChI=1S/C25H24N4O4.ClH/c26-23(27)18-6-10-19(11-7-18)28-24(31)21(30)22-25(32)29(14-15-33-22)20-12-8-17(9-13-20)16-4-2-1-3-5-16;/h1-13,21-22,30H,14-15H2,(H3,26,27)(H,28,31);1H/t21-,22-;/m1./s1. The number of anilines is 2. The second-order valence-corrected chi connectivity index (χ2v) is 7.62. The van der Waals surface area contributed by atoms with Crippen LogP contribution in [-0.2, 0) is 14.3 Å². The molecule has 0 aliphatic carbocycles. The van der Waals surface area contributed by atoms with Crippen molar-refractivity contribution in [3.05, 3.63) is 84.4 Å². The number of carbonyl (C=O) groups is 2. The number of ether oxygens (including phenoxy) is 1. The minimum Gasteiger partial charge on any atom is -0.384 e. The van der Waals surface area contributed by atoms with Gasteiger partial charge in [-0.2, -0.15) is 0 Å². The zero-order valence-electron chi connectivity index (χ0n) is 18.2. The van der Waals surface area contributed by atoms with Crippen molar-refractivity contribution in [3.63, 3.8) is 0 Å². The van der Waals surface area contributed by atoms with Crippen LogP contribution in [0.5, 0.6) is 0 Å². The quantitative estimate of drug-likeness (QED) is 0.318. The van der Waals surface area contributed by atoms with Gasteiger partial charge in [0.25, 0.3) is 11.8 Å². The van der Waals surface area contributed by atoms with E-state index in [4.69, 9.17) is 15.9 Å². The predicted molar refractivity (Wildman–Crippen MR) is 133 cm³/mol. The predicted octanol–water partition coefficient (Wildman–Crippen LogP) is 2.79. The van der Waals surface area contributed by atoms with E-state index in [0.29, 0.717) is 23.5 Å². The highest BCUT2D eigenvalue weighted by atomic mass is 35.5. The third-order valence-corrected chi connectivity index (χ3v) is 5.43. The fourth-order valence-electron chi connectivity index (χ4n) is 3.64. The van der Waals surface area contributed by atoms with Crippen LogP contribution < -0.4 is 16.0 Å². The van der Waals surface area contributed by atoms with E-state index in [1.165, 1.54) is 4.90 Å². The molecule has 1 fully saturated rings. The Morgan fingerprint density at radius 3 is 2.26 bits per heavy atom. The molecule has 1 heterocycles. The van der Waals surface area contributed by atoms with Crippen LogP contribution in [-0.4, -0.2) is 48.1 Å². The number of hydrogen-bond donors (Lipinski definition) is 4. The lowest BCUT2D eigenvalue weighted by Crippen LogP contribution is -2.55. The number of nitrogens with zero attached hydrogens (tertiary/aromatic N) is 1. The van der Waals surface area contributed by atoms with Gasteiger partial charge in [-0.25, -0.2) is 0 Å². The van der Waals surface area contributed by atoms with Gasteiger partial charge >= 0.3 is 0 Å². The van der Waals surface area contributed by atoms with Gasteiger partial charge < -0.3 is 25.8 Å². The molecule has 1 aliphatic rings. The molecule has 1 aliphatic heterocycles. The molecule has 3 aromatic rings. The molecule has 1 saturated heterocycles. The fourth-order valence-corrected chi connectivity index (χ4v) is 3.64. The zero-order valence-corrected chi connectivity index (χ0v) is 19.0. The average Bonchev–Trinajstić information content (AvgIpc) is 2.85. The number of amides is 2. The number of nitrogen functional groups attached to an aromatic ring is 1. The average molecular weight is 481 g/mol. The maximum Gasteiger partial charge on any atom is 0.259 e. The van der Waals surface area contributed by atoms with E-state index in [0.717, 1.165) is 11.1 Å². The number of aliphatic hydroxyl groups is 1. The van der Waals surface area contributed by atoms with E-state index in [1.54, 1.807) is 24.3 Å². The largest absolute Gasteiger partial charge is 0.384 e. The number of benzene rings is 3. The summed E-state index contributed by atoms with van der Waals surface area (Å²) in [6, 6.07) is 23.7. The number of halogens is 1. The number of carbonyl (C=O) groups excluding carboxylic acids is 2. The molecule has 2 amide bonds. The molecule has 2 atom stereocenters. The normalized spacial score (nSPS) is 16.3. The molecule has 9 heteroatoms. The Kier molecular flexibility index (Phi) is 8.01. The maximum absolute atomic E-state index is 13.0. The molecular weight excluding hydrogens is 456 g/mol. The molecule has 0 bridgehead atoms. The van der Waals surface area contributed by atoms with Gasteiger partial charge in [0.15, 0.2) is 12.2 Å². The van der Waals surface area contributed by atoms with Crippen LogP contribution in [0.25, 0.3) is 11.1 Å². The molecular formula is C25H25ClN4O4. The second kappa shape index (κ2) is 10.9. The smallest absolute Gasteiger partial charge is 0.259 e. The molecule has 0 spiro atoms. The van der Waals surface area contributed by atoms with E-state index in [9.17, 15) is 14.7 Å². The summed E-state index contributed by atoms with van der Waals surface area (Å²) in [7, 11) is 0. The lowest BCUT2D eigenvalue weighted by atomic mass is 10.0. The van der Waals surface area contributed by atoms with Gasteiger partial charge in [-0.1, -0.05) is 42.5 Å². The zero-order chi connectivity index (χ0) is 23.4. The third-order valence-electron chi connectivity index (χ3n) is 5.43. The van der Waals surface area contributed by atoms with Crippen LogP contribution >= 0.6 is 12.4 Å². The Morgan fingerprint density at radius 1 is 1.03 bits per heavy atom. The Morgan fingerprint density at radius 2 is 1.65 bits per heavy atom. The summed E-state index contributed by atoms with van der Waals surface area (Å²) in [5.41, 5.74) is 9.09. The Hall–Kier alpha value is -3.72. The third kappa shape index (κ3) is 5.43. The van der Waals surface area contributed by atoms with Gasteiger partial charge in [0.2, 0.25) is 0 Å². The molecule has 0 aromatic heterocycles. The minimum absolute atomic E-state index is 0. The molecule has 0 saturated carbocycles. The lowest BCUT2D eigenvalue weighted by molar-refractivity contribution is -0.150. The molecule has 4 rings (SSSR count).